The lowest BCUT2D eigenvalue weighted by Crippen LogP contribution is -2.21. The predicted molar refractivity (Wildman–Crippen MR) is 70.3 cm³/mol. The van der Waals surface area contributed by atoms with Crippen LogP contribution in [0, 0.1) is 0 Å². The van der Waals surface area contributed by atoms with Crippen molar-refractivity contribution < 1.29 is 14.6 Å². The second-order valence-electron chi connectivity index (χ2n) is 4.56. The van der Waals surface area contributed by atoms with Gasteiger partial charge in [0.25, 0.3) is 0 Å². The van der Waals surface area contributed by atoms with Gasteiger partial charge in [0, 0.05) is 5.69 Å². The van der Waals surface area contributed by atoms with E-state index in [9.17, 15) is 4.79 Å². The number of nitrogen functional groups attached to an aromatic ring is 1. The lowest BCUT2D eigenvalue weighted by molar-refractivity contribution is 0.0686. The number of carboxylic acid groups (broad SMARTS) is 1. The summed E-state index contributed by atoms with van der Waals surface area (Å²) in [6.45, 7) is 0. The van der Waals surface area contributed by atoms with E-state index in [2.05, 4.69) is 0 Å². The molecule has 0 atom stereocenters. The van der Waals surface area contributed by atoms with Crippen molar-refractivity contribution in [1.82, 2.24) is 0 Å². The summed E-state index contributed by atoms with van der Waals surface area (Å²) in [5, 5.41) is 9.41. The van der Waals surface area contributed by atoms with Crippen LogP contribution in [0.1, 0.15) is 42.5 Å². The van der Waals surface area contributed by atoms with E-state index in [-0.39, 0.29) is 22.4 Å². The third-order valence-electron chi connectivity index (χ3n) is 3.13. The Morgan fingerprint density at radius 1 is 1.33 bits per heavy atom. The van der Waals surface area contributed by atoms with Gasteiger partial charge in [-0.15, -0.1) is 0 Å². The molecule has 0 saturated heterocycles. The number of carbonyl (C=O) groups is 1. The molecule has 0 spiro atoms. The number of benzene rings is 1. The molecule has 1 aliphatic rings. The highest BCUT2D eigenvalue weighted by atomic mass is 35.5. The van der Waals surface area contributed by atoms with Gasteiger partial charge in [0.2, 0.25) is 0 Å². The van der Waals surface area contributed by atoms with Crippen molar-refractivity contribution in [1.29, 1.82) is 0 Å². The SMILES string of the molecule is Nc1cc(Cl)c(OC2CCCCC2)c(C(=O)O)c1. The highest BCUT2D eigenvalue weighted by molar-refractivity contribution is 6.33. The van der Waals surface area contributed by atoms with E-state index in [1.807, 2.05) is 0 Å². The van der Waals surface area contributed by atoms with Crippen LogP contribution in [0.3, 0.4) is 0 Å². The van der Waals surface area contributed by atoms with E-state index in [0.29, 0.717) is 5.69 Å². The predicted octanol–water partition coefficient (Wildman–Crippen LogP) is 3.33. The molecule has 1 aromatic rings. The molecule has 0 unspecified atom stereocenters. The number of hydrogen-bond acceptors (Lipinski definition) is 3. The minimum atomic E-state index is -1.07. The number of aromatic carboxylic acids is 1. The Hall–Kier alpha value is -1.42. The fraction of sp³-hybridized carbons (Fsp3) is 0.462. The minimum Gasteiger partial charge on any atom is -0.488 e. The van der Waals surface area contributed by atoms with Gasteiger partial charge in [0.1, 0.15) is 5.56 Å². The Morgan fingerprint density at radius 3 is 2.61 bits per heavy atom. The summed E-state index contributed by atoms with van der Waals surface area (Å²) >= 11 is 6.03. The zero-order valence-electron chi connectivity index (χ0n) is 9.99. The molecule has 1 aliphatic carbocycles. The third kappa shape index (κ3) is 2.88. The number of hydrogen-bond donors (Lipinski definition) is 2. The molecule has 0 amide bonds. The average Bonchev–Trinajstić information content (AvgIpc) is 2.33. The lowest BCUT2D eigenvalue weighted by Gasteiger charge is -2.24. The van der Waals surface area contributed by atoms with Gasteiger partial charge < -0.3 is 15.6 Å². The Kier molecular flexibility index (Phi) is 3.97. The maximum absolute atomic E-state index is 11.2. The van der Waals surface area contributed by atoms with Gasteiger partial charge in [0.15, 0.2) is 5.75 Å². The van der Waals surface area contributed by atoms with E-state index >= 15 is 0 Å². The molecule has 2 rings (SSSR count). The van der Waals surface area contributed by atoms with Crippen LogP contribution in [-0.4, -0.2) is 17.2 Å². The van der Waals surface area contributed by atoms with Crippen molar-refractivity contribution in [2.45, 2.75) is 38.2 Å². The Bertz CT molecular complexity index is 456. The zero-order chi connectivity index (χ0) is 13.1. The van der Waals surface area contributed by atoms with Gasteiger partial charge in [0.05, 0.1) is 11.1 Å². The summed E-state index contributed by atoms with van der Waals surface area (Å²) in [5.41, 5.74) is 5.96. The maximum atomic E-state index is 11.2. The van der Waals surface area contributed by atoms with E-state index in [1.165, 1.54) is 18.6 Å². The van der Waals surface area contributed by atoms with Crippen LogP contribution in [0.5, 0.6) is 5.75 Å². The summed E-state index contributed by atoms with van der Waals surface area (Å²) in [5.74, 6) is -0.833. The van der Waals surface area contributed by atoms with E-state index < -0.39 is 5.97 Å². The van der Waals surface area contributed by atoms with Crippen LogP contribution in [0.4, 0.5) is 5.69 Å². The van der Waals surface area contributed by atoms with Gasteiger partial charge in [-0.3, -0.25) is 0 Å². The second-order valence-corrected chi connectivity index (χ2v) is 4.97. The summed E-state index contributed by atoms with van der Waals surface area (Å²) in [6.07, 6.45) is 5.37. The number of carboxylic acids is 1. The van der Waals surface area contributed by atoms with Crippen LogP contribution in [0.2, 0.25) is 5.02 Å². The van der Waals surface area contributed by atoms with Gasteiger partial charge in [-0.05, 0) is 37.8 Å². The molecule has 5 heteroatoms. The quantitative estimate of drug-likeness (QED) is 0.826. The highest BCUT2D eigenvalue weighted by Gasteiger charge is 2.21. The summed E-state index contributed by atoms with van der Waals surface area (Å²) in [7, 11) is 0. The lowest BCUT2D eigenvalue weighted by atomic mass is 9.97. The van der Waals surface area contributed by atoms with Crippen LogP contribution in [0.15, 0.2) is 12.1 Å². The fourth-order valence-electron chi connectivity index (χ4n) is 2.24. The van der Waals surface area contributed by atoms with E-state index in [0.717, 1.165) is 25.7 Å². The molecule has 18 heavy (non-hydrogen) atoms. The first kappa shape index (κ1) is 13.0. The summed E-state index contributed by atoms with van der Waals surface area (Å²) < 4.78 is 5.77. The second kappa shape index (κ2) is 5.48. The number of halogens is 1. The van der Waals surface area contributed by atoms with Gasteiger partial charge in [-0.1, -0.05) is 18.0 Å². The molecule has 0 radical (unpaired) electrons. The zero-order valence-corrected chi connectivity index (χ0v) is 10.7. The minimum absolute atomic E-state index is 0.0329. The molecule has 1 saturated carbocycles. The van der Waals surface area contributed by atoms with Crippen molar-refractivity contribution in [2.24, 2.45) is 0 Å². The van der Waals surface area contributed by atoms with Crippen molar-refractivity contribution in [3.8, 4) is 5.75 Å². The molecule has 0 heterocycles. The van der Waals surface area contributed by atoms with Gasteiger partial charge in [-0.2, -0.15) is 0 Å². The van der Waals surface area contributed by atoms with Crippen molar-refractivity contribution in [3.05, 3.63) is 22.7 Å². The molecular formula is C13H16ClNO3. The molecular weight excluding hydrogens is 254 g/mol. The van der Waals surface area contributed by atoms with Crippen molar-refractivity contribution in [3.63, 3.8) is 0 Å². The van der Waals surface area contributed by atoms with Crippen molar-refractivity contribution in [2.75, 3.05) is 5.73 Å². The first-order chi connectivity index (χ1) is 8.58. The third-order valence-corrected chi connectivity index (χ3v) is 3.41. The number of nitrogens with two attached hydrogens (primary N) is 1. The first-order valence-electron chi connectivity index (χ1n) is 6.07. The monoisotopic (exact) mass is 269 g/mol. The van der Waals surface area contributed by atoms with Crippen molar-refractivity contribution >= 4 is 23.3 Å². The molecule has 3 N–H and O–H groups in total. The first-order valence-corrected chi connectivity index (χ1v) is 6.44. The summed E-state index contributed by atoms with van der Waals surface area (Å²) in [4.78, 5) is 11.2. The van der Waals surface area contributed by atoms with Crippen LogP contribution >= 0.6 is 11.6 Å². The van der Waals surface area contributed by atoms with Crippen LogP contribution in [-0.2, 0) is 0 Å². The molecule has 1 fully saturated rings. The normalized spacial score (nSPS) is 16.5. The standard InChI is InChI=1S/C13H16ClNO3/c14-11-7-8(15)6-10(13(16)17)12(11)18-9-4-2-1-3-5-9/h6-7,9H,1-5,15H2,(H,16,17). The Morgan fingerprint density at radius 2 is 2.00 bits per heavy atom. The average molecular weight is 270 g/mol. The molecule has 0 aliphatic heterocycles. The van der Waals surface area contributed by atoms with Crippen LogP contribution < -0.4 is 10.5 Å². The number of ether oxygens (including phenoxy) is 1. The highest BCUT2D eigenvalue weighted by Crippen LogP contribution is 2.34. The molecule has 0 bridgehead atoms. The van der Waals surface area contributed by atoms with Gasteiger partial charge in [-0.25, -0.2) is 4.79 Å². The van der Waals surface area contributed by atoms with E-state index in [4.69, 9.17) is 27.2 Å². The van der Waals surface area contributed by atoms with Crippen LogP contribution in [0.25, 0.3) is 0 Å². The molecule has 4 nitrogen and oxygen atoms in total. The summed E-state index contributed by atoms with van der Waals surface area (Å²) in [6, 6.07) is 2.90. The largest absolute Gasteiger partial charge is 0.488 e. The Balaban J connectivity index is 2.27. The Labute approximate surface area is 111 Å². The molecule has 1 aromatic carbocycles. The smallest absolute Gasteiger partial charge is 0.339 e. The molecule has 0 aromatic heterocycles. The number of anilines is 1. The topological polar surface area (TPSA) is 72.5 Å². The molecule has 98 valence electrons. The van der Waals surface area contributed by atoms with Gasteiger partial charge >= 0.3 is 5.97 Å². The van der Waals surface area contributed by atoms with E-state index in [1.54, 1.807) is 0 Å². The maximum Gasteiger partial charge on any atom is 0.339 e. The number of rotatable bonds is 3. The fourth-order valence-corrected chi connectivity index (χ4v) is 2.52.